The number of hydrogen-bond acceptors (Lipinski definition) is 5. The van der Waals surface area contributed by atoms with Crippen LogP contribution in [-0.4, -0.2) is 38.1 Å². The van der Waals surface area contributed by atoms with Gasteiger partial charge in [0.15, 0.2) is 5.69 Å². The first-order valence-electron chi connectivity index (χ1n) is 6.12. The first-order chi connectivity index (χ1) is 8.69. The summed E-state index contributed by atoms with van der Waals surface area (Å²) >= 11 is 2.01. The molecule has 0 aromatic carbocycles. The first kappa shape index (κ1) is 13.1. The number of nitrogens with zero attached hydrogens (tertiary/aromatic N) is 2. The van der Waals surface area contributed by atoms with E-state index in [1.807, 2.05) is 11.8 Å². The number of carboxylic acids is 1. The lowest BCUT2D eigenvalue weighted by molar-refractivity contribution is 0.0690. The predicted molar refractivity (Wildman–Crippen MR) is 72.2 cm³/mol. The second kappa shape index (κ2) is 6.04. The molecule has 0 amide bonds. The fourth-order valence-corrected chi connectivity index (χ4v) is 3.32. The summed E-state index contributed by atoms with van der Waals surface area (Å²) in [6.07, 6.45) is 6.29. The van der Waals surface area contributed by atoms with Crippen molar-refractivity contribution in [2.45, 2.75) is 37.5 Å². The van der Waals surface area contributed by atoms with Gasteiger partial charge in [-0.05, 0) is 25.0 Å². The van der Waals surface area contributed by atoms with Crippen molar-refractivity contribution in [1.29, 1.82) is 0 Å². The van der Waals surface area contributed by atoms with Crippen LogP contribution in [0.2, 0.25) is 0 Å². The molecule has 1 aromatic heterocycles. The number of carboxylic acid groups (broad SMARTS) is 1. The number of thioether (sulfide) groups is 1. The summed E-state index contributed by atoms with van der Waals surface area (Å²) in [4.78, 5) is 18.6. The summed E-state index contributed by atoms with van der Waals surface area (Å²) in [6, 6.07) is 0.430. The van der Waals surface area contributed by atoms with Gasteiger partial charge in [-0.1, -0.05) is 6.92 Å². The Kier molecular flexibility index (Phi) is 4.41. The zero-order valence-corrected chi connectivity index (χ0v) is 11.1. The summed E-state index contributed by atoms with van der Waals surface area (Å²) < 4.78 is 0. The van der Waals surface area contributed by atoms with Gasteiger partial charge in [-0.3, -0.25) is 0 Å². The number of anilines is 1. The SMILES string of the molecule is CCSC1CCC(Nc2cnc(C(=O)O)cn2)C1. The van der Waals surface area contributed by atoms with E-state index < -0.39 is 5.97 Å². The van der Waals surface area contributed by atoms with E-state index in [-0.39, 0.29) is 5.69 Å². The highest BCUT2D eigenvalue weighted by atomic mass is 32.2. The van der Waals surface area contributed by atoms with E-state index in [0.29, 0.717) is 11.9 Å². The lowest BCUT2D eigenvalue weighted by Gasteiger charge is -2.13. The molecule has 0 bridgehead atoms. The smallest absolute Gasteiger partial charge is 0.356 e. The van der Waals surface area contributed by atoms with E-state index in [0.717, 1.165) is 23.8 Å². The molecule has 1 aromatic rings. The van der Waals surface area contributed by atoms with Crippen molar-refractivity contribution < 1.29 is 9.90 Å². The van der Waals surface area contributed by atoms with E-state index in [1.165, 1.54) is 18.8 Å². The minimum Gasteiger partial charge on any atom is -0.476 e. The van der Waals surface area contributed by atoms with Crippen LogP contribution >= 0.6 is 11.8 Å². The molecule has 1 aliphatic rings. The molecular formula is C12H17N3O2S. The predicted octanol–water partition coefficient (Wildman–Crippen LogP) is 2.26. The summed E-state index contributed by atoms with van der Waals surface area (Å²) in [5.41, 5.74) is -0.0219. The van der Waals surface area contributed by atoms with E-state index in [4.69, 9.17) is 5.11 Å². The van der Waals surface area contributed by atoms with Crippen molar-refractivity contribution in [2.75, 3.05) is 11.1 Å². The van der Waals surface area contributed by atoms with Crippen LogP contribution in [0.4, 0.5) is 5.82 Å². The van der Waals surface area contributed by atoms with E-state index in [2.05, 4.69) is 22.2 Å². The molecule has 1 heterocycles. The molecule has 2 N–H and O–H groups in total. The fourth-order valence-electron chi connectivity index (χ4n) is 2.18. The normalized spacial score (nSPS) is 22.9. The molecule has 0 saturated heterocycles. The molecule has 0 radical (unpaired) electrons. The van der Waals surface area contributed by atoms with Crippen LogP contribution in [0.15, 0.2) is 12.4 Å². The lowest BCUT2D eigenvalue weighted by Crippen LogP contribution is -2.17. The van der Waals surface area contributed by atoms with Crippen LogP contribution in [0.25, 0.3) is 0 Å². The quantitative estimate of drug-likeness (QED) is 0.852. The van der Waals surface area contributed by atoms with E-state index in [1.54, 1.807) is 0 Å². The van der Waals surface area contributed by atoms with Gasteiger partial charge in [0.1, 0.15) is 5.82 Å². The average Bonchev–Trinajstić information content (AvgIpc) is 2.78. The maximum atomic E-state index is 10.6. The highest BCUT2D eigenvalue weighted by Gasteiger charge is 2.24. The van der Waals surface area contributed by atoms with Gasteiger partial charge in [-0.25, -0.2) is 14.8 Å². The van der Waals surface area contributed by atoms with Crippen LogP contribution in [0.1, 0.15) is 36.7 Å². The van der Waals surface area contributed by atoms with Gasteiger partial charge in [0, 0.05) is 11.3 Å². The van der Waals surface area contributed by atoms with Crippen LogP contribution in [0.5, 0.6) is 0 Å². The minimum absolute atomic E-state index is 0.0219. The molecule has 1 saturated carbocycles. The molecule has 1 fully saturated rings. The van der Waals surface area contributed by atoms with Crippen LogP contribution in [0.3, 0.4) is 0 Å². The molecule has 0 spiro atoms. The third-order valence-corrected chi connectivity index (χ3v) is 4.24. The number of aromatic nitrogens is 2. The molecule has 6 heteroatoms. The number of nitrogens with one attached hydrogen (secondary N) is 1. The van der Waals surface area contributed by atoms with Gasteiger partial charge in [0.25, 0.3) is 0 Å². The monoisotopic (exact) mass is 267 g/mol. The number of carbonyl (C=O) groups is 1. The van der Waals surface area contributed by atoms with Gasteiger partial charge >= 0.3 is 5.97 Å². The lowest BCUT2D eigenvalue weighted by atomic mass is 10.2. The summed E-state index contributed by atoms with van der Waals surface area (Å²) in [5.74, 6) is 0.770. The second-order valence-electron chi connectivity index (χ2n) is 4.32. The van der Waals surface area contributed by atoms with Gasteiger partial charge < -0.3 is 10.4 Å². The molecular weight excluding hydrogens is 250 g/mol. The molecule has 5 nitrogen and oxygen atoms in total. The highest BCUT2D eigenvalue weighted by Crippen LogP contribution is 2.31. The Morgan fingerprint density at radius 2 is 2.33 bits per heavy atom. The van der Waals surface area contributed by atoms with Crippen LogP contribution in [-0.2, 0) is 0 Å². The summed E-state index contributed by atoms with van der Waals surface area (Å²) in [6.45, 7) is 2.18. The highest BCUT2D eigenvalue weighted by molar-refractivity contribution is 7.99. The molecule has 98 valence electrons. The van der Waals surface area contributed by atoms with Crippen molar-refractivity contribution in [1.82, 2.24) is 9.97 Å². The molecule has 18 heavy (non-hydrogen) atoms. The average molecular weight is 267 g/mol. The summed E-state index contributed by atoms with van der Waals surface area (Å²) in [5, 5.41) is 12.8. The largest absolute Gasteiger partial charge is 0.476 e. The Morgan fingerprint density at radius 1 is 1.50 bits per heavy atom. The molecule has 1 aliphatic carbocycles. The van der Waals surface area contributed by atoms with Crippen molar-refractivity contribution in [3.8, 4) is 0 Å². The first-order valence-corrected chi connectivity index (χ1v) is 7.17. The third kappa shape index (κ3) is 3.35. The zero-order chi connectivity index (χ0) is 13.0. The van der Waals surface area contributed by atoms with Gasteiger partial charge in [-0.15, -0.1) is 0 Å². The standard InChI is InChI=1S/C12H17N3O2S/c1-2-18-9-4-3-8(5-9)15-11-7-13-10(6-14-11)12(16)17/h6-9H,2-5H2,1H3,(H,14,15)(H,16,17). The Morgan fingerprint density at radius 3 is 2.94 bits per heavy atom. The number of rotatable bonds is 5. The topological polar surface area (TPSA) is 75.1 Å². The van der Waals surface area contributed by atoms with Crippen molar-refractivity contribution in [2.24, 2.45) is 0 Å². The van der Waals surface area contributed by atoms with Crippen LogP contribution in [0, 0.1) is 0 Å². The van der Waals surface area contributed by atoms with Gasteiger partial charge in [0.2, 0.25) is 0 Å². The Hall–Kier alpha value is -1.30. The van der Waals surface area contributed by atoms with E-state index >= 15 is 0 Å². The number of hydrogen-bond donors (Lipinski definition) is 2. The van der Waals surface area contributed by atoms with Crippen molar-refractivity contribution in [3.05, 3.63) is 18.1 Å². The second-order valence-corrected chi connectivity index (χ2v) is 5.90. The zero-order valence-electron chi connectivity index (χ0n) is 10.3. The van der Waals surface area contributed by atoms with Crippen molar-refractivity contribution in [3.63, 3.8) is 0 Å². The summed E-state index contributed by atoms with van der Waals surface area (Å²) in [7, 11) is 0. The Balaban J connectivity index is 1.88. The Labute approximate surface area is 110 Å². The maximum absolute atomic E-state index is 10.6. The minimum atomic E-state index is -1.05. The molecule has 2 atom stereocenters. The molecule has 0 aliphatic heterocycles. The molecule has 2 unspecified atom stereocenters. The molecule has 2 rings (SSSR count). The third-order valence-electron chi connectivity index (χ3n) is 3.01. The number of aromatic carboxylic acids is 1. The maximum Gasteiger partial charge on any atom is 0.356 e. The Bertz CT molecular complexity index is 410. The van der Waals surface area contributed by atoms with Crippen LogP contribution < -0.4 is 5.32 Å². The van der Waals surface area contributed by atoms with Crippen molar-refractivity contribution >= 4 is 23.5 Å². The van der Waals surface area contributed by atoms with E-state index in [9.17, 15) is 4.79 Å². The van der Waals surface area contributed by atoms with Gasteiger partial charge in [-0.2, -0.15) is 11.8 Å². The fraction of sp³-hybridized carbons (Fsp3) is 0.583. The van der Waals surface area contributed by atoms with Gasteiger partial charge in [0.05, 0.1) is 12.4 Å².